The van der Waals surface area contributed by atoms with Gasteiger partial charge in [-0.2, -0.15) is 0 Å². The second kappa shape index (κ2) is 9.19. The Balaban J connectivity index is 1.39. The van der Waals surface area contributed by atoms with Gasteiger partial charge in [-0.1, -0.05) is 19.1 Å². The fourth-order valence-corrected chi connectivity index (χ4v) is 7.48. The summed E-state index contributed by atoms with van der Waals surface area (Å²) in [5.74, 6) is 2.02. The Morgan fingerprint density at radius 2 is 2.00 bits per heavy atom. The highest BCUT2D eigenvalue weighted by atomic mass is 16.6. The van der Waals surface area contributed by atoms with Gasteiger partial charge in [-0.15, -0.1) is 0 Å². The van der Waals surface area contributed by atoms with Crippen LogP contribution in [0.3, 0.4) is 0 Å². The number of rotatable bonds is 6. The number of methoxy groups -OCH3 is 2. The maximum absolute atomic E-state index is 13.1. The molecule has 0 amide bonds. The van der Waals surface area contributed by atoms with Gasteiger partial charge in [0.2, 0.25) is 0 Å². The molecule has 1 aromatic carbocycles. The molecule has 1 saturated heterocycles. The molecule has 4 aliphatic rings. The van der Waals surface area contributed by atoms with Crippen molar-refractivity contribution in [3.63, 3.8) is 0 Å². The second-order valence-corrected chi connectivity index (χ2v) is 11.1. The third kappa shape index (κ3) is 3.93. The van der Waals surface area contributed by atoms with Crippen molar-refractivity contribution in [3.05, 3.63) is 35.4 Å². The minimum atomic E-state index is -0.118. The molecule has 1 N–H and O–H groups in total. The van der Waals surface area contributed by atoms with Crippen LogP contribution in [0.1, 0.15) is 62.6 Å². The highest BCUT2D eigenvalue weighted by Crippen LogP contribution is 2.57. The zero-order valence-corrected chi connectivity index (χ0v) is 20.8. The van der Waals surface area contributed by atoms with E-state index < -0.39 is 0 Å². The number of esters is 1. The Bertz CT molecular complexity index is 960. The lowest BCUT2D eigenvalue weighted by Gasteiger charge is -2.50. The molecule has 2 saturated carbocycles. The topological polar surface area (TPSA) is 68.2 Å². The summed E-state index contributed by atoms with van der Waals surface area (Å²) in [7, 11) is 3.30. The number of aliphatic hydroxyl groups excluding tert-OH is 1. The average Bonchev–Trinajstić information content (AvgIpc) is 3.11. The number of nitrogens with zero attached hydrogens (tertiary/aromatic N) is 1. The van der Waals surface area contributed by atoms with Gasteiger partial charge in [-0.05, 0) is 79.5 Å². The number of aliphatic hydroxyl groups is 1. The molecule has 6 heteroatoms. The van der Waals surface area contributed by atoms with E-state index in [-0.39, 0.29) is 42.0 Å². The first kappa shape index (κ1) is 23.7. The van der Waals surface area contributed by atoms with E-state index in [0.29, 0.717) is 24.6 Å². The number of benzene rings is 1. The zero-order valence-electron chi connectivity index (χ0n) is 20.8. The standard InChI is InChI=1S/C28H39NO5/c1-17-6-5-9-28(2)15-26-20(13-22(17)28)21(27(31)34-26)16-29-10-7-18-12-24(32-3)25(33-4)14-19(18)23(29)8-11-30/h12,14,20-23,26,30H,1,5-11,13,15-16H2,2-4H3/t20-,21-,22-,23+,26-,28-/m1/s1. The lowest BCUT2D eigenvalue weighted by atomic mass is 9.55. The molecule has 0 spiro atoms. The van der Waals surface area contributed by atoms with E-state index >= 15 is 0 Å². The predicted octanol–water partition coefficient (Wildman–Crippen LogP) is 4.30. The third-order valence-electron chi connectivity index (χ3n) is 9.27. The van der Waals surface area contributed by atoms with Crippen molar-refractivity contribution >= 4 is 5.97 Å². The van der Waals surface area contributed by atoms with Crippen LogP contribution in [0, 0.1) is 23.2 Å². The van der Waals surface area contributed by atoms with Crippen molar-refractivity contribution in [2.24, 2.45) is 23.2 Å². The number of allylic oxidation sites excluding steroid dienone is 1. The first-order valence-corrected chi connectivity index (χ1v) is 12.9. The van der Waals surface area contributed by atoms with Crippen LogP contribution in [0.4, 0.5) is 0 Å². The molecular weight excluding hydrogens is 430 g/mol. The number of carbonyl (C=O) groups is 1. The number of ether oxygens (including phenoxy) is 3. The van der Waals surface area contributed by atoms with Gasteiger partial charge in [0.25, 0.3) is 0 Å². The highest BCUT2D eigenvalue weighted by Gasteiger charge is 2.55. The van der Waals surface area contributed by atoms with Crippen LogP contribution >= 0.6 is 0 Å². The molecule has 2 aliphatic carbocycles. The molecule has 2 aliphatic heterocycles. The van der Waals surface area contributed by atoms with E-state index in [2.05, 4.69) is 30.5 Å². The molecule has 2 heterocycles. The summed E-state index contributed by atoms with van der Waals surface area (Å²) in [6.45, 7) is 8.42. The van der Waals surface area contributed by atoms with E-state index in [0.717, 1.165) is 43.5 Å². The summed E-state index contributed by atoms with van der Waals surface area (Å²) in [5, 5.41) is 9.89. The number of hydrogen-bond donors (Lipinski definition) is 1. The fourth-order valence-electron chi connectivity index (χ4n) is 7.48. The summed E-state index contributed by atoms with van der Waals surface area (Å²) < 4.78 is 17.1. The van der Waals surface area contributed by atoms with Crippen LogP contribution in [0.5, 0.6) is 11.5 Å². The number of fused-ring (bicyclic) bond motifs is 3. The molecule has 186 valence electrons. The Hall–Kier alpha value is -2.05. The lowest BCUT2D eigenvalue weighted by Crippen LogP contribution is -2.46. The molecule has 0 bridgehead atoms. The van der Waals surface area contributed by atoms with Crippen molar-refractivity contribution < 1.29 is 24.1 Å². The Morgan fingerprint density at radius 1 is 1.24 bits per heavy atom. The van der Waals surface area contributed by atoms with Gasteiger partial charge in [0, 0.05) is 31.7 Å². The summed E-state index contributed by atoms with van der Waals surface area (Å²) in [6, 6.07) is 4.15. The molecule has 6 atom stereocenters. The average molecular weight is 470 g/mol. The van der Waals surface area contributed by atoms with E-state index in [9.17, 15) is 9.90 Å². The minimum Gasteiger partial charge on any atom is -0.493 e. The first-order valence-electron chi connectivity index (χ1n) is 12.9. The Kier molecular flexibility index (Phi) is 6.40. The minimum absolute atomic E-state index is 0.0300. The molecular formula is C28H39NO5. The number of carbonyl (C=O) groups excluding carboxylic acids is 1. The normalized spacial score (nSPS) is 35.2. The first-order chi connectivity index (χ1) is 16.4. The maximum Gasteiger partial charge on any atom is 0.310 e. The molecule has 5 rings (SSSR count). The molecule has 0 unspecified atom stereocenters. The Labute approximate surface area is 203 Å². The van der Waals surface area contributed by atoms with Crippen molar-refractivity contribution in [2.45, 2.75) is 64.0 Å². The van der Waals surface area contributed by atoms with Crippen molar-refractivity contribution in [3.8, 4) is 11.5 Å². The van der Waals surface area contributed by atoms with Gasteiger partial charge in [-0.25, -0.2) is 0 Å². The molecule has 34 heavy (non-hydrogen) atoms. The van der Waals surface area contributed by atoms with E-state index in [1.807, 2.05) is 0 Å². The van der Waals surface area contributed by atoms with Crippen LogP contribution in [0.2, 0.25) is 0 Å². The van der Waals surface area contributed by atoms with Crippen LogP contribution in [0.15, 0.2) is 24.3 Å². The van der Waals surface area contributed by atoms with Gasteiger partial charge in [-0.3, -0.25) is 9.69 Å². The molecule has 6 nitrogen and oxygen atoms in total. The SMILES string of the molecule is C=C1CCC[C@]2(C)C[C@H]3OC(=O)[C@H](CN4CCc5cc(OC)c(OC)cc5[C@@H]4CCO)[C@H]3C[C@H]12. The summed E-state index contributed by atoms with van der Waals surface area (Å²) in [5.41, 5.74) is 3.98. The molecule has 0 radical (unpaired) electrons. The van der Waals surface area contributed by atoms with E-state index in [1.165, 1.54) is 24.0 Å². The fraction of sp³-hybridized carbons (Fsp3) is 0.679. The second-order valence-electron chi connectivity index (χ2n) is 11.1. The monoisotopic (exact) mass is 469 g/mol. The lowest BCUT2D eigenvalue weighted by molar-refractivity contribution is -0.146. The molecule has 3 fully saturated rings. The zero-order chi connectivity index (χ0) is 24.0. The third-order valence-corrected chi connectivity index (χ3v) is 9.27. The van der Waals surface area contributed by atoms with Crippen LogP contribution < -0.4 is 9.47 Å². The van der Waals surface area contributed by atoms with Gasteiger partial charge in [0.1, 0.15) is 6.10 Å². The van der Waals surface area contributed by atoms with Crippen molar-refractivity contribution in [2.75, 3.05) is 33.9 Å². The largest absolute Gasteiger partial charge is 0.493 e. The van der Waals surface area contributed by atoms with Crippen molar-refractivity contribution in [1.29, 1.82) is 0 Å². The summed E-state index contributed by atoms with van der Waals surface area (Å²) in [6.07, 6.45) is 7.02. The summed E-state index contributed by atoms with van der Waals surface area (Å²) >= 11 is 0. The van der Waals surface area contributed by atoms with Gasteiger partial charge >= 0.3 is 5.97 Å². The number of hydrogen-bond acceptors (Lipinski definition) is 6. The highest BCUT2D eigenvalue weighted by molar-refractivity contribution is 5.75. The van der Waals surface area contributed by atoms with Crippen LogP contribution in [-0.4, -0.2) is 56.0 Å². The van der Waals surface area contributed by atoms with Crippen LogP contribution in [-0.2, 0) is 16.0 Å². The van der Waals surface area contributed by atoms with Gasteiger partial charge in [0.05, 0.1) is 20.1 Å². The quantitative estimate of drug-likeness (QED) is 0.495. The maximum atomic E-state index is 13.1. The smallest absolute Gasteiger partial charge is 0.310 e. The summed E-state index contributed by atoms with van der Waals surface area (Å²) in [4.78, 5) is 15.5. The predicted molar refractivity (Wildman–Crippen MR) is 130 cm³/mol. The van der Waals surface area contributed by atoms with E-state index in [4.69, 9.17) is 14.2 Å². The van der Waals surface area contributed by atoms with Crippen molar-refractivity contribution in [1.82, 2.24) is 4.90 Å². The molecule has 1 aromatic rings. The molecule has 0 aromatic heterocycles. The van der Waals surface area contributed by atoms with Gasteiger partial charge in [0.15, 0.2) is 11.5 Å². The Morgan fingerprint density at radius 3 is 2.74 bits per heavy atom. The van der Waals surface area contributed by atoms with E-state index in [1.54, 1.807) is 14.2 Å². The van der Waals surface area contributed by atoms with Crippen LogP contribution in [0.25, 0.3) is 0 Å². The van der Waals surface area contributed by atoms with Gasteiger partial charge < -0.3 is 19.3 Å².